The van der Waals surface area contributed by atoms with Crippen molar-refractivity contribution in [3.63, 3.8) is 0 Å². The van der Waals surface area contributed by atoms with Crippen LogP contribution in [0, 0.1) is 20.8 Å². The van der Waals surface area contributed by atoms with Gasteiger partial charge in [0.05, 0.1) is 0 Å². The monoisotopic (exact) mass is 213 g/mol. The molecule has 2 N–H and O–H groups in total. The largest absolute Gasteiger partial charge is 0.384 e. The highest BCUT2D eigenvalue weighted by molar-refractivity contribution is 5.62. The van der Waals surface area contributed by atoms with E-state index in [1.807, 2.05) is 6.92 Å². The lowest BCUT2D eigenvalue weighted by Gasteiger charge is -2.07. The molecule has 0 fully saturated rings. The van der Waals surface area contributed by atoms with E-state index in [1.165, 1.54) is 5.56 Å². The van der Waals surface area contributed by atoms with Crippen molar-refractivity contribution in [3.8, 4) is 11.4 Å². The molecule has 82 valence electrons. The minimum absolute atomic E-state index is 0.517. The number of benzene rings is 1. The minimum atomic E-state index is 0.517. The third kappa shape index (κ3) is 2.03. The van der Waals surface area contributed by atoms with Gasteiger partial charge in [-0.1, -0.05) is 17.7 Å². The molecule has 0 saturated heterocycles. The average molecular weight is 213 g/mol. The SMILES string of the molecule is Cc1ccc(C)c(-c2nc(C)cc(N)n2)c1. The lowest BCUT2D eigenvalue weighted by atomic mass is 10.1. The van der Waals surface area contributed by atoms with Crippen LogP contribution in [-0.2, 0) is 0 Å². The first-order chi connectivity index (χ1) is 7.56. The standard InChI is InChI=1S/C13H15N3/c1-8-4-5-9(2)11(6-8)13-15-10(3)7-12(14)16-13/h4-7H,1-3H3,(H2,14,15,16). The molecule has 3 heteroatoms. The van der Waals surface area contributed by atoms with E-state index in [0.29, 0.717) is 11.6 Å². The van der Waals surface area contributed by atoms with Gasteiger partial charge < -0.3 is 5.73 Å². The Hall–Kier alpha value is -1.90. The highest BCUT2D eigenvalue weighted by atomic mass is 14.9. The third-order valence-corrected chi connectivity index (χ3v) is 2.51. The van der Waals surface area contributed by atoms with Crippen molar-refractivity contribution < 1.29 is 0 Å². The summed E-state index contributed by atoms with van der Waals surface area (Å²) in [6.07, 6.45) is 0. The molecule has 0 amide bonds. The number of nitrogens with zero attached hydrogens (tertiary/aromatic N) is 2. The van der Waals surface area contributed by atoms with Gasteiger partial charge in [-0.05, 0) is 32.4 Å². The Balaban J connectivity index is 2.62. The first kappa shape index (κ1) is 10.6. The fraction of sp³-hybridized carbons (Fsp3) is 0.231. The molecule has 1 aromatic carbocycles. The van der Waals surface area contributed by atoms with Gasteiger partial charge in [0, 0.05) is 17.3 Å². The van der Waals surface area contributed by atoms with Crippen LogP contribution < -0.4 is 5.73 Å². The van der Waals surface area contributed by atoms with Crippen molar-refractivity contribution in [2.24, 2.45) is 0 Å². The summed E-state index contributed by atoms with van der Waals surface area (Å²) < 4.78 is 0. The molecule has 0 aliphatic rings. The summed E-state index contributed by atoms with van der Waals surface area (Å²) in [6.45, 7) is 6.03. The predicted octanol–water partition coefficient (Wildman–Crippen LogP) is 2.65. The van der Waals surface area contributed by atoms with Crippen LogP contribution in [0.3, 0.4) is 0 Å². The number of hydrogen-bond acceptors (Lipinski definition) is 3. The topological polar surface area (TPSA) is 51.8 Å². The second kappa shape index (κ2) is 3.93. The van der Waals surface area contributed by atoms with E-state index in [0.717, 1.165) is 16.8 Å². The van der Waals surface area contributed by atoms with Gasteiger partial charge in [-0.15, -0.1) is 0 Å². The maximum absolute atomic E-state index is 5.73. The molecule has 0 spiro atoms. The third-order valence-electron chi connectivity index (χ3n) is 2.51. The number of anilines is 1. The molecule has 0 aliphatic heterocycles. The zero-order chi connectivity index (χ0) is 11.7. The van der Waals surface area contributed by atoms with Gasteiger partial charge in [-0.3, -0.25) is 0 Å². The van der Waals surface area contributed by atoms with Crippen LogP contribution in [0.4, 0.5) is 5.82 Å². The Morgan fingerprint density at radius 3 is 2.44 bits per heavy atom. The van der Waals surface area contributed by atoms with Crippen molar-refractivity contribution in [1.29, 1.82) is 0 Å². The molecule has 0 bridgehead atoms. The summed E-state index contributed by atoms with van der Waals surface area (Å²) in [4.78, 5) is 8.69. The van der Waals surface area contributed by atoms with Gasteiger partial charge in [0.15, 0.2) is 5.82 Å². The minimum Gasteiger partial charge on any atom is -0.384 e. The molecule has 3 nitrogen and oxygen atoms in total. The lowest BCUT2D eigenvalue weighted by molar-refractivity contribution is 1.11. The molecule has 0 radical (unpaired) electrons. The highest BCUT2D eigenvalue weighted by Crippen LogP contribution is 2.22. The fourth-order valence-electron chi connectivity index (χ4n) is 1.69. The smallest absolute Gasteiger partial charge is 0.162 e. The Kier molecular flexibility index (Phi) is 2.60. The number of nitrogens with two attached hydrogens (primary N) is 1. The van der Waals surface area contributed by atoms with Crippen LogP contribution in [0.5, 0.6) is 0 Å². The van der Waals surface area contributed by atoms with Gasteiger partial charge in [-0.25, -0.2) is 9.97 Å². The molecule has 2 aromatic rings. The van der Waals surface area contributed by atoms with Crippen molar-refractivity contribution in [3.05, 3.63) is 41.1 Å². The van der Waals surface area contributed by atoms with E-state index in [2.05, 4.69) is 42.0 Å². The molecule has 16 heavy (non-hydrogen) atoms. The Morgan fingerprint density at radius 2 is 1.75 bits per heavy atom. The van der Waals surface area contributed by atoms with E-state index in [-0.39, 0.29) is 0 Å². The summed E-state index contributed by atoms with van der Waals surface area (Å²) in [5, 5.41) is 0. The predicted molar refractivity (Wildman–Crippen MR) is 66.1 cm³/mol. The maximum atomic E-state index is 5.73. The van der Waals surface area contributed by atoms with Crippen LogP contribution in [0.15, 0.2) is 24.3 Å². The van der Waals surface area contributed by atoms with E-state index in [9.17, 15) is 0 Å². The van der Waals surface area contributed by atoms with Gasteiger partial charge in [0.1, 0.15) is 5.82 Å². The number of aryl methyl sites for hydroxylation is 3. The summed E-state index contributed by atoms with van der Waals surface area (Å²) in [6, 6.07) is 8.02. The van der Waals surface area contributed by atoms with E-state index in [4.69, 9.17) is 5.73 Å². The quantitative estimate of drug-likeness (QED) is 0.792. The molecule has 0 atom stereocenters. The molecular formula is C13H15N3. The number of rotatable bonds is 1. The zero-order valence-corrected chi connectivity index (χ0v) is 9.78. The zero-order valence-electron chi connectivity index (χ0n) is 9.78. The Morgan fingerprint density at radius 1 is 1.00 bits per heavy atom. The van der Waals surface area contributed by atoms with Crippen molar-refractivity contribution in [2.75, 3.05) is 5.73 Å². The summed E-state index contributed by atoms with van der Waals surface area (Å²) >= 11 is 0. The maximum Gasteiger partial charge on any atom is 0.162 e. The van der Waals surface area contributed by atoms with Crippen LogP contribution in [0.2, 0.25) is 0 Å². The molecule has 0 saturated carbocycles. The summed E-state index contributed by atoms with van der Waals surface area (Å²) in [5.74, 6) is 1.22. The second-order valence-corrected chi connectivity index (χ2v) is 4.08. The number of hydrogen-bond donors (Lipinski definition) is 1. The van der Waals surface area contributed by atoms with Crippen LogP contribution in [-0.4, -0.2) is 9.97 Å². The number of aromatic nitrogens is 2. The fourth-order valence-corrected chi connectivity index (χ4v) is 1.69. The van der Waals surface area contributed by atoms with Gasteiger partial charge in [0.25, 0.3) is 0 Å². The summed E-state index contributed by atoms with van der Waals surface area (Å²) in [7, 11) is 0. The van der Waals surface area contributed by atoms with Crippen LogP contribution >= 0.6 is 0 Å². The average Bonchev–Trinajstić information content (AvgIpc) is 2.20. The van der Waals surface area contributed by atoms with Gasteiger partial charge in [-0.2, -0.15) is 0 Å². The van der Waals surface area contributed by atoms with E-state index >= 15 is 0 Å². The molecular weight excluding hydrogens is 198 g/mol. The molecule has 2 rings (SSSR count). The van der Waals surface area contributed by atoms with Crippen LogP contribution in [0.25, 0.3) is 11.4 Å². The van der Waals surface area contributed by atoms with Crippen molar-refractivity contribution in [1.82, 2.24) is 9.97 Å². The van der Waals surface area contributed by atoms with E-state index in [1.54, 1.807) is 6.07 Å². The molecule has 0 unspecified atom stereocenters. The first-order valence-electron chi connectivity index (χ1n) is 5.25. The van der Waals surface area contributed by atoms with E-state index < -0.39 is 0 Å². The van der Waals surface area contributed by atoms with Gasteiger partial charge in [0.2, 0.25) is 0 Å². The molecule has 1 aromatic heterocycles. The van der Waals surface area contributed by atoms with Crippen molar-refractivity contribution in [2.45, 2.75) is 20.8 Å². The second-order valence-electron chi connectivity index (χ2n) is 4.08. The van der Waals surface area contributed by atoms with Gasteiger partial charge >= 0.3 is 0 Å². The van der Waals surface area contributed by atoms with Crippen molar-refractivity contribution >= 4 is 5.82 Å². The normalized spacial score (nSPS) is 10.4. The first-order valence-corrected chi connectivity index (χ1v) is 5.25. The lowest BCUT2D eigenvalue weighted by Crippen LogP contribution is -1.98. The van der Waals surface area contributed by atoms with Crippen LogP contribution in [0.1, 0.15) is 16.8 Å². The summed E-state index contributed by atoms with van der Waals surface area (Å²) in [5.41, 5.74) is 10.0. The number of nitrogen functional groups attached to an aromatic ring is 1. The molecule has 0 aliphatic carbocycles. The Bertz CT molecular complexity index is 512. The highest BCUT2D eigenvalue weighted by Gasteiger charge is 2.06. The Labute approximate surface area is 95.4 Å². The molecule has 1 heterocycles.